The van der Waals surface area contributed by atoms with Gasteiger partial charge < -0.3 is 9.80 Å². The Bertz CT molecular complexity index is 621. The lowest BCUT2D eigenvalue weighted by Gasteiger charge is -2.36. The van der Waals surface area contributed by atoms with Crippen LogP contribution in [0.5, 0.6) is 0 Å². The molecule has 2 fully saturated rings. The Morgan fingerprint density at radius 1 is 0.667 bits per heavy atom. The lowest BCUT2D eigenvalue weighted by atomic mass is 10.1. The molecular formula is C16H21ClN4. The van der Waals surface area contributed by atoms with Crippen molar-refractivity contribution in [1.82, 2.24) is 9.97 Å². The van der Waals surface area contributed by atoms with Gasteiger partial charge in [-0.25, -0.2) is 9.97 Å². The van der Waals surface area contributed by atoms with Gasteiger partial charge in [-0.05, 0) is 37.8 Å². The van der Waals surface area contributed by atoms with Crippen LogP contribution in [0.3, 0.4) is 0 Å². The zero-order valence-electron chi connectivity index (χ0n) is 12.2. The van der Waals surface area contributed by atoms with Crippen molar-refractivity contribution in [2.24, 2.45) is 0 Å². The van der Waals surface area contributed by atoms with E-state index in [2.05, 4.69) is 21.9 Å². The molecule has 3 heterocycles. The maximum absolute atomic E-state index is 4.92. The normalized spacial score (nSPS) is 18.3. The number of piperidine rings is 1. The predicted molar refractivity (Wildman–Crippen MR) is 89.7 cm³/mol. The third kappa shape index (κ3) is 2.64. The minimum Gasteiger partial charge on any atom is -0.354 e. The van der Waals surface area contributed by atoms with Gasteiger partial charge in [0.15, 0.2) is 11.6 Å². The number of nitrogens with zero attached hydrogens (tertiary/aromatic N) is 4. The molecule has 0 unspecified atom stereocenters. The number of para-hydroxylation sites is 2. The topological polar surface area (TPSA) is 32.3 Å². The first-order valence-electron chi connectivity index (χ1n) is 7.68. The highest BCUT2D eigenvalue weighted by Crippen LogP contribution is 2.32. The van der Waals surface area contributed by atoms with E-state index < -0.39 is 0 Å². The molecule has 2 aliphatic heterocycles. The zero-order chi connectivity index (χ0) is 13.4. The molecule has 112 valence electrons. The van der Waals surface area contributed by atoms with Crippen molar-refractivity contribution in [3.8, 4) is 0 Å². The number of hydrogen-bond acceptors (Lipinski definition) is 4. The SMILES string of the molecule is Cl.c1ccc2nc(N3CCC3)c(N3CCCCC3)nc2c1. The zero-order valence-corrected chi connectivity index (χ0v) is 13.0. The van der Waals surface area contributed by atoms with Gasteiger partial charge in [-0.15, -0.1) is 12.4 Å². The summed E-state index contributed by atoms with van der Waals surface area (Å²) in [6.07, 6.45) is 5.16. The van der Waals surface area contributed by atoms with Gasteiger partial charge >= 0.3 is 0 Å². The van der Waals surface area contributed by atoms with Crippen molar-refractivity contribution in [1.29, 1.82) is 0 Å². The Kier molecular flexibility index (Phi) is 4.15. The average Bonchev–Trinajstić information content (AvgIpc) is 2.46. The van der Waals surface area contributed by atoms with Crippen molar-refractivity contribution in [3.63, 3.8) is 0 Å². The summed E-state index contributed by atoms with van der Waals surface area (Å²) in [6, 6.07) is 8.21. The van der Waals surface area contributed by atoms with E-state index in [1.165, 1.54) is 25.7 Å². The molecule has 2 aromatic rings. The number of anilines is 2. The summed E-state index contributed by atoms with van der Waals surface area (Å²) in [7, 11) is 0. The van der Waals surface area contributed by atoms with E-state index >= 15 is 0 Å². The lowest BCUT2D eigenvalue weighted by molar-refractivity contribution is 0.566. The van der Waals surface area contributed by atoms with Gasteiger partial charge in [-0.3, -0.25) is 0 Å². The molecule has 0 amide bonds. The minimum atomic E-state index is 0. The van der Waals surface area contributed by atoms with E-state index in [-0.39, 0.29) is 12.4 Å². The fourth-order valence-corrected chi connectivity index (χ4v) is 3.04. The van der Waals surface area contributed by atoms with Crippen LogP contribution < -0.4 is 9.80 Å². The molecule has 5 heteroatoms. The summed E-state index contributed by atoms with van der Waals surface area (Å²) in [6.45, 7) is 4.48. The van der Waals surface area contributed by atoms with Crippen LogP contribution in [-0.4, -0.2) is 36.1 Å². The molecule has 4 nitrogen and oxygen atoms in total. The largest absolute Gasteiger partial charge is 0.354 e. The number of fused-ring (bicyclic) bond motifs is 1. The van der Waals surface area contributed by atoms with Crippen LogP contribution in [0.2, 0.25) is 0 Å². The van der Waals surface area contributed by atoms with E-state index in [0.29, 0.717) is 0 Å². The number of benzene rings is 1. The number of hydrogen-bond donors (Lipinski definition) is 0. The summed E-state index contributed by atoms with van der Waals surface area (Å²) in [4.78, 5) is 14.6. The van der Waals surface area contributed by atoms with E-state index in [0.717, 1.165) is 48.8 Å². The van der Waals surface area contributed by atoms with Gasteiger partial charge in [-0.1, -0.05) is 12.1 Å². The molecule has 1 aromatic heterocycles. The molecule has 0 spiro atoms. The van der Waals surface area contributed by atoms with Gasteiger partial charge in [-0.2, -0.15) is 0 Å². The molecule has 1 aromatic carbocycles. The summed E-state index contributed by atoms with van der Waals surface area (Å²) >= 11 is 0. The third-order valence-electron chi connectivity index (χ3n) is 4.35. The molecule has 0 radical (unpaired) electrons. The Balaban J connectivity index is 0.00000132. The molecule has 2 saturated heterocycles. The van der Waals surface area contributed by atoms with Crippen LogP contribution in [0.15, 0.2) is 24.3 Å². The van der Waals surface area contributed by atoms with Gasteiger partial charge in [0.2, 0.25) is 0 Å². The molecule has 4 rings (SSSR count). The Labute approximate surface area is 131 Å². The number of rotatable bonds is 2. The molecule has 0 bridgehead atoms. The summed E-state index contributed by atoms with van der Waals surface area (Å²) in [5, 5.41) is 0. The lowest BCUT2D eigenvalue weighted by Crippen LogP contribution is -2.40. The van der Waals surface area contributed by atoms with Crippen molar-refractivity contribution < 1.29 is 0 Å². The molecular weight excluding hydrogens is 284 g/mol. The fourth-order valence-electron chi connectivity index (χ4n) is 3.04. The highest BCUT2D eigenvalue weighted by atomic mass is 35.5. The van der Waals surface area contributed by atoms with E-state index in [9.17, 15) is 0 Å². The maximum Gasteiger partial charge on any atom is 0.172 e. The third-order valence-corrected chi connectivity index (χ3v) is 4.35. The number of halogens is 1. The molecule has 0 N–H and O–H groups in total. The first-order valence-corrected chi connectivity index (χ1v) is 7.68. The van der Waals surface area contributed by atoms with E-state index in [4.69, 9.17) is 9.97 Å². The molecule has 21 heavy (non-hydrogen) atoms. The van der Waals surface area contributed by atoms with E-state index in [1.807, 2.05) is 12.1 Å². The highest BCUT2D eigenvalue weighted by Gasteiger charge is 2.25. The van der Waals surface area contributed by atoms with Crippen molar-refractivity contribution in [2.45, 2.75) is 25.7 Å². The highest BCUT2D eigenvalue weighted by molar-refractivity contribution is 5.85. The quantitative estimate of drug-likeness (QED) is 0.852. The Morgan fingerprint density at radius 2 is 1.14 bits per heavy atom. The maximum atomic E-state index is 4.92. The molecule has 0 saturated carbocycles. The van der Waals surface area contributed by atoms with E-state index in [1.54, 1.807) is 0 Å². The summed E-state index contributed by atoms with van der Waals surface area (Å²) < 4.78 is 0. The first kappa shape index (κ1) is 14.4. The second-order valence-corrected chi connectivity index (χ2v) is 5.75. The van der Waals surface area contributed by atoms with Crippen molar-refractivity contribution in [3.05, 3.63) is 24.3 Å². The van der Waals surface area contributed by atoms with Gasteiger partial charge in [0.1, 0.15) is 0 Å². The van der Waals surface area contributed by atoms with Gasteiger partial charge in [0, 0.05) is 26.2 Å². The van der Waals surface area contributed by atoms with Crippen molar-refractivity contribution in [2.75, 3.05) is 36.0 Å². The minimum absolute atomic E-state index is 0. The first-order chi connectivity index (χ1) is 9.92. The molecule has 0 atom stereocenters. The number of aromatic nitrogens is 2. The van der Waals surface area contributed by atoms with Crippen molar-refractivity contribution >= 4 is 35.1 Å². The summed E-state index contributed by atoms with van der Waals surface area (Å²) in [5.74, 6) is 2.19. The Morgan fingerprint density at radius 3 is 1.57 bits per heavy atom. The average molecular weight is 305 g/mol. The van der Waals surface area contributed by atoms with Crippen LogP contribution in [0.25, 0.3) is 11.0 Å². The standard InChI is InChI=1S/C16H20N4.ClH/c1-4-9-19(10-5-1)15-16(20-11-6-12-20)18-14-8-3-2-7-13(14)17-15;/h2-3,7-8H,1,4-6,9-12H2;1H. The monoisotopic (exact) mass is 304 g/mol. The fraction of sp³-hybridized carbons (Fsp3) is 0.500. The second-order valence-electron chi connectivity index (χ2n) is 5.75. The summed E-state index contributed by atoms with van der Waals surface area (Å²) in [5.41, 5.74) is 2.02. The Hall–Kier alpha value is -1.55. The van der Waals surface area contributed by atoms with Crippen LogP contribution in [-0.2, 0) is 0 Å². The molecule has 2 aliphatic rings. The predicted octanol–water partition coefficient (Wildman–Crippen LogP) is 3.25. The van der Waals surface area contributed by atoms with Crippen LogP contribution >= 0.6 is 12.4 Å². The second kappa shape index (κ2) is 6.06. The van der Waals surface area contributed by atoms with Gasteiger partial charge in [0.25, 0.3) is 0 Å². The molecule has 0 aliphatic carbocycles. The smallest absolute Gasteiger partial charge is 0.172 e. The van der Waals surface area contributed by atoms with Crippen LogP contribution in [0.4, 0.5) is 11.6 Å². The van der Waals surface area contributed by atoms with Gasteiger partial charge in [0.05, 0.1) is 11.0 Å². The van der Waals surface area contributed by atoms with Crippen LogP contribution in [0.1, 0.15) is 25.7 Å². The van der Waals surface area contributed by atoms with Crippen LogP contribution in [0, 0.1) is 0 Å².